The van der Waals surface area contributed by atoms with Crippen LogP contribution in [0.15, 0.2) is 60.2 Å². The molecule has 0 saturated carbocycles. The minimum Gasteiger partial charge on any atom is -0.495 e. The molecule has 3 aliphatic rings. The average Bonchev–Trinajstić information content (AvgIpc) is 1.58. The highest BCUT2D eigenvalue weighted by Crippen LogP contribution is 2.49. The van der Waals surface area contributed by atoms with Gasteiger partial charge in [-0.15, -0.1) is 0 Å². The standard InChI is InChI=1S/C60H83BClN9O17/c1-34(2)52(67-47(73)19-12-11-18-46(61)72)55(78)66-40(16-14-25-64-56(63)79)54(77)65-39-22-20-37(21-23-39)33-85-58(81)69(6)26-24-48(74)70(7)32-50(76)87-45-30-49(75)71(8)41-28-38(29-42(83-9)51(41)62)27-35(3)15-13-17-44(84-10)60(82)31-43(86-57(80)68-60)36(4)53-59(45,5)88-53/h13,15,17,20-23,28-29,34,36,40,43-45,52-53,82H,11-12,14,16,18-19,24-27,30-33H2,1-10H3,(H,65,77)(H,66,78)(H,67,73)(H,68,80)(H3,63,64,79)/b17-13+,35-15+/t36-,40+,43+,44-,45+,52+,53+,59+,60+/m1/s1. The van der Waals surface area contributed by atoms with Crippen LogP contribution < -0.4 is 42.0 Å². The van der Waals surface area contributed by atoms with E-state index in [1.807, 2.05) is 13.0 Å². The first kappa shape index (κ1) is 71.0. The Bertz CT molecular complexity index is 2930. The summed E-state index contributed by atoms with van der Waals surface area (Å²) in [5.74, 6) is -4.23. The molecule has 2 saturated heterocycles. The Morgan fingerprint density at radius 1 is 0.977 bits per heavy atom. The zero-order valence-corrected chi connectivity index (χ0v) is 52.3. The number of carbonyl (C=O) groups is 10. The number of esters is 1. The monoisotopic (exact) mass is 1250 g/mol. The van der Waals surface area contributed by atoms with Gasteiger partial charge in [-0.2, -0.15) is 0 Å². The van der Waals surface area contributed by atoms with Gasteiger partial charge in [-0.25, -0.2) is 14.4 Å². The second kappa shape index (κ2) is 32.5. The number of amides is 9. The molecule has 88 heavy (non-hydrogen) atoms. The van der Waals surface area contributed by atoms with Gasteiger partial charge in [0.15, 0.2) is 13.6 Å². The van der Waals surface area contributed by atoms with Crippen LogP contribution in [0.4, 0.5) is 25.8 Å². The zero-order valence-electron chi connectivity index (χ0n) is 51.6. The average molecular weight is 1250 g/mol. The number of anilines is 2. The number of benzene rings is 2. The number of allylic oxidation sites excluding steroid dienone is 3. The van der Waals surface area contributed by atoms with Gasteiger partial charge in [0, 0.05) is 72.2 Å². The molecule has 9 amide bonds. The lowest BCUT2D eigenvalue weighted by atomic mass is 9.83. The topological polar surface area (TPSA) is 345 Å². The molecule has 0 spiro atoms. The summed E-state index contributed by atoms with van der Waals surface area (Å²) in [6.07, 6.45) is 0.449. The highest BCUT2D eigenvalue weighted by molar-refractivity contribution is 6.57. The summed E-state index contributed by atoms with van der Waals surface area (Å²) in [6.45, 7) is 8.00. The molecular weight excluding hydrogens is 1160 g/mol. The van der Waals surface area contributed by atoms with Crippen LogP contribution in [-0.4, -0.2) is 185 Å². The summed E-state index contributed by atoms with van der Waals surface area (Å²) in [4.78, 5) is 134. The number of unbranched alkanes of at least 4 members (excludes halogenated alkanes) is 1. The fourth-order valence-electron chi connectivity index (χ4n) is 10.2. The van der Waals surface area contributed by atoms with E-state index in [0.29, 0.717) is 42.0 Å². The van der Waals surface area contributed by atoms with Crippen LogP contribution >= 0.6 is 11.6 Å². The van der Waals surface area contributed by atoms with Crippen LogP contribution in [0.2, 0.25) is 5.02 Å². The Balaban J connectivity index is 1.19. The van der Waals surface area contributed by atoms with E-state index in [2.05, 4.69) is 26.6 Å². The van der Waals surface area contributed by atoms with Crippen LogP contribution in [0.5, 0.6) is 5.75 Å². The number of nitrogens with two attached hydrogens (primary N) is 1. The normalized spacial score (nSPS) is 23.4. The van der Waals surface area contributed by atoms with Crippen molar-refractivity contribution in [1.29, 1.82) is 0 Å². The molecule has 0 aromatic heterocycles. The fourth-order valence-corrected chi connectivity index (χ4v) is 10.5. The van der Waals surface area contributed by atoms with Crippen molar-refractivity contribution < 1.29 is 81.5 Å². The van der Waals surface area contributed by atoms with E-state index in [-0.39, 0.29) is 69.2 Å². The number of ether oxygens (including phenoxy) is 6. The number of hydrogen-bond acceptors (Lipinski definition) is 17. The molecule has 2 aromatic carbocycles. The molecule has 8 N–H and O–H groups in total. The van der Waals surface area contributed by atoms with E-state index < -0.39 is 126 Å². The smallest absolute Gasteiger partial charge is 0.409 e. The number of nitrogens with one attached hydrogen (secondary N) is 5. The number of carbonyl (C=O) groups excluding carboxylic acids is 10. The molecule has 2 aromatic rings. The summed E-state index contributed by atoms with van der Waals surface area (Å²) < 4.78 is 34.7. The van der Waals surface area contributed by atoms with Crippen LogP contribution in [-0.2, 0) is 70.3 Å². The molecule has 3 heterocycles. The Hall–Kier alpha value is -7.75. The molecule has 480 valence electrons. The maximum atomic E-state index is 14.3. The highest BCUT2D eigenvalue weighted by atomic mass is 35.5. The van der Waals surface area contributed by atoms with Gasteiger partial charge in [-0.1, -0.05) is 68.3 Å². The number of likely N-dealkylation sites (N-methyl/N-ethyl adjacent to an activating group) is 1. The summed E-state index contributed by atoms with van der Waals surface area (Å²) in [5.41, 5.74) is 4.28. The number of aliphatic hydroxyl groups is 1. The Morgan fingerprint density at radius 3 is 2.32 bits per heavy atom. The SMILES string of the molecule is [B]C(=O)CCCCC(=O)N[C@H](C(=O)N[C@@H](CCCNC(N)=O)C(=O)Nc1ccc(COC(=O)N(C)CCC(=O)N(C)CC(=O)O[C@H]2CC(=O)N(C)c3cc(cc(OC)c3Cl)C/C(C)=C/C=C/[C@@H](OC)[C@@]3(O)C[C@H](OC(=O)N3)[C@@H](C)[C@@H]3O[C@@]23C)cc1)C(C)C. The lowest BCUT2D eigenvalue weighted by Crippen LogP contribution is -2.63. The number of urea groups is 1. The number of hydrogen-bond donors (Lipinski definition) is 7. The first-order valence-corrected chi connectivity index (χ1v) is 29.4. The van der Waals surface area contributed by atoms with E-state index in [9.17, 15) is 53.1 Å². The molecule has 2 radical (unpaired) electrons. The third-order valence-corrected chi connectivity index (χ3v) is 15.9. The molecular formula is C60H83BClN9O17. The van der Waals surface area contributed by atoms with Crippen molar-refractivity contribution in [2.24, 2.45) is 17.6 Å². The number of primary amides is 1. The Kier molecular flexibility index (Phi) is 26.2. The number of halogens is 1. The predicted molar refractivity (Wildman–Crippen MR) is 324 cm³/mol. The van der Waals surface area contributed by atoms with Gasteiger partial charge < -0.3 is 80.0 Å². The number of rotatable bonds is 25. The third-order valence-electron chi connectivity index (χ3n) is 15.5. The lowest BCUT2D eigenvalue weighted by molar-refractivity contribution is -0.157. The zero-order chi connectivity index (χ0) is 65.2. The molecule has 4 bridgehead atoms. The van der Waals surface area contributed by atoms with Crippen molar-refractivity contribution in [3.8, 4) is 5.75 Å². The number of fused-ring (bicyclic) bond motifs is 5. The van der Waals surface area contributed by atoms with Crippen LogP contribution in [0, 0.1) is 11.8 Å². The number of methoxy groups -OCH3 is 2. The maximum absolute atomic E-state index is 14.3. The van der Waals surface area contributed by atoms with Crippen LogP contribution in [0.1, 0.15) is 104 Å². The fraction of sp³-hybridized carbons (Fsp3) is 0.567. The summed E-state index contributed by atoms with van der Waals surface area (Å²) in [6, 6.07) is 6.95. The maximum Gasteiger partial charge on any atom is 0.409 e. The minimum absolute atomic E-state index is 0.0600. The van der Waals surface area contributed by atoms with E-state index in [0.717, 1.165) is 16.0 Å². The van der Waals surface area contributed by atoms with Crippen LogP contribution in [0.3, 0.4) is 0 Å². The highest BCUT2D eigenvalue weighted by Gasteiger charge is 2.64. The Labute approximate surface area is 519 Å². The summed E-state index contributed by atoms with van der Waals surface area (Å²) >= 11 is 6.81. The van der Waals surface area contributed by atoms with Crippen molar-refractivity contribution in [3.05, 3.63) is 76.3 Å². The van der Waals surface area contributed by atoms with Gasteiger partial charge in [0.2, 0.25) is 29.5 Å². The molecule has 26 nitrogen and oxygen atoms in total. The van der Waals surface area contributed by atoms with Gasteiger partial charge in [0.1, 0.15) is 59.9 Å². The number of alkyl carbamates (subject to hydrolysis) is 1. The predicted octanol–water partition coefficient (Wildman–Crippen LogP) is 4.05. The van der Waals surface area contributed by atoms with Crippen molar-refractivity contribution in [2.45, 2.75) is 153 Å². The number of nitrogens with zero attached hydrogens (tertiary/aromatic N) is 3. The van der Waals surface area contributed by atoms with Gasteiger partial charge in [-0.05, 0) is 93.7 Å². The molecule has 28 heteroatoms. The first-order chi connectivity index (χ1) is 41.5. The molecule has 0 aliphatic carbocycles. The van der Waals surface area contributed by atoms with Crippen molar-refractivity contribution in [1.82, 2.24) is 31.1 Å². The van der Waals surface area contributed by atoms with Gasteiger partial charge >= 0.3 is 24.2 Å². The van der Waals surface area contributed by atoms with E-state index in [4.69, 9.17) is 53.6 Å². The molecule has 0 unspecified atom stereocenters. The van der Waals surface area contributed by atoms with Gasteiger partial charge in [0.05, 0.1) is 31.0 Å². The third kappa shape index (κ3) is 20.4. The van der Waals surface area contributed by atoms with Gasteiger partial charge in [0.25, 0.3) is 0 Å². The van der Waals surface area contributed by atoms with E-state index in [1.54, 1.807) is 76.2 Å². The Morgan fingerprint density at radius 2 is 1.67 bits per heavy atom. The molecule has 5 rings (SSSR count). The molecule has 2 fully saturated rings. The van der Waals surface area contributed by atoms with Gasteiger partial charge in [-0.3, -0.25) is 34.1 Å². The summed E-state index contributed by atoms with van der Waals surface area (Å²) in [7, 11) is 12.3. The lowest BCUT2D eigenvalue weighted by Gasteiger charge is -2.42. The summed E-state index contributed by atoms with van der Waals surface area (Å²) in [5, 5.41) is 25.1. The first-order valence-electron chi connectivity index (χ1n) is 29.0. The van der Waals surface area contributed by atoms with E-state index in [1.165, 1.54) is 45.2 Å². The molecule has 9 atom stereocenters. The van der Waals surface area contributed by atoms with E-state index >= 15 is 0 Å². The van der Waals surface area contributed by atoms with Crippen molar-refractivity contribution in [3.63, 3.8) is 0 Å². The van der Waals surface area contributed by atoms with Crippen LogP contribution in [0.25, 0.3) is 0 Å². The van der Waals surface area contributed by atoms with Crippen molar-refractivity contribution in [2.75, 3.05) is 65.2 Å². The largest absolute Gasteiger partial charge is 0.495 e. The second-order valence-corrected chi connectivity index (χ2v) is 23.3. The molecule has 3 aliphatic heterocycles. The minimum atomic E-state index is -1.91. The van der Waals surface area contributed by atoms with Crippen molar-refractivity contribution >= 4 is 90.2 Å². The quantitative estimate of drug-likeness (QED) is 0.0242. The number of epoxide rings is 1. The second-order valence-electron chi connectivity index (χ2n) is 22.9.